The van der Waals surface area contributed by atoms with Gasteiger partial charge < -0.3 is 10.1 Å². The van der Waals surface area contributed by atoms with Crippen LogP contribution < -0.4 is 10.1 Å². The van der Waals surface area contributed by atoms with E-state index in [1.54, 1.807) is 7.11 Å². The fraction of sp³-hybridized carbons (Fsp3) is 0.643. The predicted octanol–water partition coefficient (Wildman–Crippen LogP) is 2.66. The Morgan fingerprint density at radius 3 is 2.59 bits per heavy atom. The van der Waals surface area contributed by atoms with Crippen LogP contribution in [0.5, 0.6) is 5.88 Å². The molecule has 1 atom stereocenters. The Balaban J connectivity index is 2.58. The van der Waals surface area contributed by atoms with E-state index in [1.807, 2.05) is 12.3 Å². The second-order valence-electron chi connectivity index (χ2n) is 4.80. The van der Waals surface area contributed by atoms with Crippen LogP contribution in [0.15, 0.2) is 18.3 Å². The van der Waals surface area contributed by atoms with Gasteiger partial charge in [0.1, 0.15) is 0 Å². The maximum absolute atomic E-state index is 5.06. The van der Waals surface area contributed by atoms with Gasteiger partial charge in [-0.3, -0.25) is 0 Å². The molecule has 0 radical (unpaired) electrons. The largest absolute Gasteiger partial charge is 0.481 e. The molecule has 3 nitrogen and oxygen atoms in total. The summed E-state index contributed by atoms with van der Waals surface area (Å²) >= 11 is 0. The number of rotatable bonds is 7. The lowest BCUT2D eigenvalue weighted by atomic mass is 9.98. The van der Waals surface area contributed by atoms with Crippen molar-refractivity contribution in [1.82, 2.24) is 10.3 Å². The molecule has 0 saturated heterocycles. The van der Waals surface area contributed by atoms with Crippen molar-refractivity contribution in [3.8, 4) is 5.88 Å². The third-order valence-electron chi connectivity index (χ3n) is 2.74. The minimum absolute atomic E-state index is 0.537. The van der Waals surface area contributed by atoms with Gasteiger partial charge in [-0.1, -0.05) is 26.8 Å². The topological polar surface area (TPSA) is 34.1 Å². The van der Waals surface area contributed by atoms with Crippen molar-refractivity contribution < 1.29 is 4.74 Å². The lowest BCUT2D eigenvalue weighted by molar-refractivity contribution is 0.396. The Bertz CT molecular complexity index is 309. The van der Waals surface area contributed by atoms with Gasteiger partial charge in [-0.2, -0.15) is 0 Å². The second kappa shape index (κ2) is 7.28. The fourth-order valence-electron chi connectivity index (χ4n) is 2.03. The highest BCUT2D eigenvalue weighted by molar-refractivity contribution is 5.18. The fourth-order valence-corrected chi connectivity index (χ4v) is 2.03. The maximum atomic E-state index is 5.06. The van der Waals surface area contributed by atoms with Crippen LogP contribution in [0, 0.1) is 5.92 Å². The van der Waals surface area contributed by atoms with E-state index >= 15 is 0 Å². The van der Waals surface area contributed by atoms with Crippen molar-refractivity contribution in [1.29, 1.82) is 0 Å². The van der Waals surface area contributed by atoms with Crippen molar-refractivity contribution in [2.24, 2.45) is 5.92 Å². The van der Waals surface area contributed by atoms with Gasteiger partial charge in [-0.05, 0) is 30.9 Å². The van der Waals surface area contributed by atoms with Crippen LogP contribution in [0.25, 0.3) is 0 Å². The molecule has 1 N–H and O–H groups in total. The van der Waals surface area contributed by atoms with Crippen LogP contribution in [-0.4, -0.2) is 24.7 Å². The summed E-state index contributed by atoms with van der Waals surface area (Å²) in [6.45, 7) is 7.69. The number of likely N-dealkylation sites (N-methyl/N-ethyl adjacent to an activating group) is 1. The molecule has 3 heteroatoms. The van der Waals surface area contributed by atoms with Crippen molar-refractivity contribution in [2.75, 3.05) is 13.7 Å². The van der Waals surface area contributed by atoms with Gasteiger partial charge in [0.15, 0.2) is 0 Å². The molecule has 1 aromatic rings. The third kappa shape index (κ3) is 5.18. The number of pyridine rings is 1. The number of nitrogens with one attached hydrogen (secondary N) is 1. The summed E-state index contributed by atoms with van der Waals surface area (Å²) in [7, 11) is 1.64. The molecule has 1 unspecified atom stereocenters. The molecule has 0 amide bonds. The first-order chi connectivity index (χ1) is 8.15. The summed E-state index contributed by atoms with van der Waals surface area (Å²) in [4.78, 5) is 4.24. The summed E-state index contributed by atoms with van der Waals surface area (Å²) in [6.07, 6.45) is 4.13. The molecule has 1 rings (SSSR count). The molecule has 0 saturated carbocycles. The summed E-state index contributed by atoms with van der Waals surface area (Å²) in [5.41, 5.74) is 1.26. The Labute approximate surface area is 105 Å². The lowest BCUT2D eigenvalue weighted by Gasteiger charge is -2.19. The van der Waals surface area contributed by atoms with Gasteiger partial charge in [-0.25, -0.2) is 4.98 Å². The van der Waals surface area contributed by atoms with Crippen LogP contribution in [0.1, 0.15) is 32.8 Å². The second-order valence-corrected chi connectivity index (χ2v) is 4.80. The van der Waals surface area contributed by atoms with Gasteiger partial charge in [0, 0.05) is 18.3 Å². The van der Waals surface area contributed by atoms with E-state index in [9.17, 15) is 0 Å². The van der Waals surface area contributed by atoms with Crippen LogP contribution in [-0.2, 0) is 6.42 Å². The maximum Gasteiger partial charge on any atom is 0.212 e. The zero-order chi connectivity index (χ0) is 12.7. The summed E-state index contributed by atoms with van der Waals surface area (Å²) < 4.78 is 5.06. The average Bonchev–Trinajstić information content (AvgIpc) is 2.29. The number of hydrogen-bond donors (Lipinski definition) is 1. The SMILES string of the molecule is CCNC(Cc1ccc(OC)nc1)CC(C)C. The van der Waals surface area contributed by atoms with E-state index in [1.165, 1.54) is 12.0 Å². The molecule has 96 valence electrons. The zero-order valence-electron chi connectivity index (χ0n) is 11.4. The highest BCUT2D eigenvalue weighted by Gasteiger charge is 2.10. The molecule has 1 heterocycles. The normalized spacial score (nSPS) is 12.8. The van der Waals surface area contributed by atoms with Gasteiger partial charge in [0.2, 0.25) is 5.88 Å². The average molecular weight is 236 g/mol. The smallest absolute Gasteiger partial charge is 0.212 e. The number of hydrogen-bond acceptors (Lipinski definition) is 3. The highest BCUT2D eigenvalue weighted by Crippen LogP contribution is 2.12. The molecule has 0 bridgehead atoms. The number of aromatic nitrogens is 1. The van der Waals surface area contributed by atoms with E-state index in [0.29, 0.717) is 17.8 Å². The summed E-state index contributed by atoms with van der Waals surface area (Å²) in [6, 6.07) is 4.56. The van der Waals surface area contributed by atoms with E-state index in [-0.39, 0.29) is 0 Å². The Kier molecular flexibility index (Phi) is 5.98. The molecule has 0 aliphatic carbocycles. The van der Waals surface area contributed by atoms with E-state index in [2.05, 4.69) is 37.1 Å². The Morgan fingerprint density at radius 2 is 2.12 bits per heavy atom. The highest BCUT2D eigenvalue weighted by atomic mass is 16.5. The van der Waals surface area contributed by atoms with Crippen molar-refractivity contribution in [3.05, 3.63) is 23.9 Å². The first-order valence-corrected chi connectivity index (χ1v) is 6.38. The molecule has 0 aromatic carbocycles. The standard InChI is InChI=1S/C14H24N2O/c1-5-15-13(8-11(2)3)9-12-6-7-14(17-4)16-10-12/h6-7,10-11,13,15H,5,8-9H2,1-4H3. The van der Waals surface area contributed by atoms with Crippen LogP contribution in [0.4, 0.5) is 0 Å². The molecule has 0 aliphatic rings. The van der Waals surface area contributed by atoms with E-state index < -0.39 is 0 Å². The van der Waals surface area contributed by atoms with Crippen molar-refractivity contribution in [3.63, 3.8) is 0 Å². The molecular formula is C14H24N2O. The van der Waals surface area contributed by atoms with Crippen molar-refractivity contribution >= 4 is 0 Å². The minimum Gasteiger partial charge on any atom is -0.481 e. The van der Waals surface area contributed by atoms with Crippen LogP contribution in [0.3, 0.4) is 0 Å². The van der Waals surface area contributed by atoms with Gasteiger partial charge in [0.25, 0.3) is 0 Å². The molecule has 1 aromatic heterocycles. The molecule has 0 fully saturated rings. The zero-order valence-corrected chi connectivity index (χ0v) is 11.4. The molecule has 17 heavy (non-hydrogen) atoms. The van der Waals surface area contributed by atoms with Gasteiger partial charge in [-0.15, -0.1) is 0 Å². The molecule has 0 aliphatic heterocycles. The number of ether oxygens (including phenoxy) is 1. The quantitative estimate of drug-likeness (QED) is 0.790. The van der Waals surface area contributed by atoms with Crippen LogP contribution in [0.2, 0.25) is 0 Å². The number of nitrogens with zero attached hydrogens (tertiary/aromatic N) is 1. The van der Waals surface area contributed by atoms with Crippen molar-refractivity contribution in [2.45, 2.75) is 39.7 Å². The number of methoxy groups -OCH3 is 1. The summed E-state index contributed by atoms with van der Waals surface area (Å²) in [5, 5.41) is 3.53. The first-order valence-electron chi connectivity index (χ1n) is 6.38. The molecule has 0 spiro atoms. The minimum atomic E-state index is 0.537. The Hall–Kier alpha value is -1.09. The van der Waals surface area contributed by atoms with Gasteiger partial charge >= 0.3 is 0 Å². The predicted molar refractivity (Wildman–Crippen MR) is 71.4 cm³/mol. The summed E-state index contributed by atoms with van der Waals surface area (Å²) in [5.74, 6) is 1.39. The first kappa shape index (κ1) is 14.0. The van der Waals surface area contributed by atoms with Gasteiger partial charge in [0.05, 0.1) is 7.11 Å². The van der Waals surface area contributed by atoms with E-state index in [0.717, 1.165) is 13.0 Å². The van der Waals surface area contributed by atoms with E-state index in [4.69, 9.17) is 4.74 Å². The monoisotopic (exact) mass is 236 g/mol. The Morgan fingerprint density at radius 1 is 1.35 bits per heavy atom. The molecular weight excluding hydrogens is 212 g/mol. The van der Waals surface area contributed by atoms with Crippen LogP contribution >= 0.6 is 0 Å². The third-order valence-corrected chi connectivity index (χ3v) is 2.74. The lowest BCUT2D eigenvalue weighted by Crippen LogP contribution is -2.32.